The van der Waals surface area contributed by atoms with Crippen LogP contribution in [0.4, 0.5) is 0 Å². The number of unbranched alkanes of at least 4 members (excludes halogenated alkanes) is 2. The van der Waals surface area contributed by atoms with Crippen LogP contribution in [0.5, 0.6) is 0 Å². The highest BCUT2D eigenvalue weighted by atomic mass is 16.6. The second kappa shape index (κ2) is 7.17. The number of hydrogen-bond acceptors (Lipinski definition) is 4. The molecule has 82 valence electrons. The van der Waals surface area contributed by atoms with Gasteiger partial charge in [0.2, 0.25) is 0 Å². The molecular weight excluding hydrogens is 182 g/mol. The van der Waals surface area contributed by atoms with Crippen LogP contribution in [0, 0.1) is 10.1 Å². The highest BCUT2D eigenvalue weighted by Crippen LogP contribution is 1.96. The SMILES string of the molecule is CCCCCN/C(=C/[N+](=O)[O-])N(C)C. The predicted octanol–water partition coefficient (Wildman–Crippen LogP) is 1.40. The molecule has 0 aromatic heterocycles. The van der Waals surface area contributed by atoms with Crippen molar-refractivity contribution in [3.63, 3.8) is 0 Å². The Kier molecular flexibility index (Phi) is 6.53. The largest absolute Gasteiger partial charge is 0.367 e. The molecule has 0 aromatic carbocycles. The van der Waals surface area contributed by atoms with Gasteiger partial charge < -0.3 is 10.2 Å². The van der Waals surface area contributed by atoms with Crippen molar-refractivity contribution in [2.45, 2.75) is 26.2 Å². The third-order valence-corrected chi connectivity index (χ3v) is 1.80. The van der Waals surface area contributed by atoms with Gasteiger partial charge in [0.15, 0.2) is 5.82 Å². The van der Waals surface area contributed by atoms with Crippen molar-refractivity contribution in [1.82, 2.24) is 10.2 Å². The molecule has 5 nitrogen and oxygen atoms in total. The van der Waals surface area contributed by atoms with Gasteiger partial charge in [-0.25, -0.2) is 0 Å². The van der Waals surface area contributed by atoms with Crippen LogP contribution in [0.15, 0.2) is 12.0 Å². The zero-order valence-electron chi connectivity index (χ0n) is 9.12. The van der Waals surface area contributed by atoms with Crippen LogP contribution in [0.3, 0.4) is 0 Å². The van der Waals surface area contributed by atoms with Gasteiger partial charge >= 0.3 is 0 Å². The second-order valence-corrected chi connectivity index (χ2v) is 3.33. The van der Waals surface area contributed by atoms with Crippen molar-refractivity contribution >= 4 is 0 Å². The van der Waals surface area contributed by atoms with Crippen molar-refractivity contribution in [1.29, 1.82) is 0 Å². The maximum absolute atomic E-state index is 10.3. The van der Waals surface area contributed by atoms with Gasteiger partial charge in [-0.2, -0.15) is 0 Å². The molecule has 0 fully saturated rings. The van der Waals surface area contributed by atoms with Gasteiger partial charge in [-0.05, 0) is 6.42 Å². The summed E-state index contributed by atoms with van der Waals surface area (Å²) in [4.78, 5) is 11.5. The lowest BCUT2D eigenvalue weighted by Crippen LogP contribution is -2.27. The number of nitrogens with zero attached hydrogens (tertiary/aromatic N) is 2. The zero-order chi connectivity index (χ0) is 11.0. The highest BCUT2D eigenvalue weighted by molar-refractivity contribution is 4.91. The fourth-order valence-electron chi connectivity index (χ4n) is 1.01. The Morgan fingerprint density at radius 2 is 2.14 bits per heavy atom. The first-order chi connectivity index (χ1) is 6.57. The fourth-order valence-corrected chi connectivity index (χ4v) is 1.01. The first-order valence-corrected chi connectivity index (χ1v) is 4.84. The molecule has 14 heavy (non-hydrogen) atoms. The lowest BCUT2D eigenvalue weighted by molar-refractivity contribution is -0.404. The molecule has 0 aliphatic rings. The lowest BCUT2D eigenvalue weighted by Gasteiger charge is -2.16. The minimum absolute atomic E-state index is 0.442. The van der Waals surface area contributed by atoms with Crippen molar-refractivity contribution in [2.24, 2.45) is 0 Å². The molecule has 0 unspecified atom stereocenters. The van der Waals surface area contributed by atoms with Crippen LogP contribution >= 0.6 is 0 Å². The zero-order valence-corrected chi connectivity index (χ0v) is 9.12. The van der Waals surface area contributed by atoms with Gasteiger partial charge in [0.05, 0.1) is 4.92 Å². The molecule has 0 heterocycles. The number of nitrogens with one attached hydrogen (secondary N) is 1. The lowest BCUT2D eigenvalue weighted by atomic mass is 10.2. The molecule has 5 heteroatoms. The first kappa shape index (κ1) is 12.7. The molecule has 0 aromatic rings. The number of rotatable bonds is 7. The van der Waals surface area contributed by atoms with Gasteiger partial charge in [-0.3, -0.25) is 10.1 Å². The third kappa shape index (κ3) is 6.28. The summed E-state index contributed by atoms with van der Waals surface area (Å²) in [5.41, 5.74) is 0. The Balaban J connectivity index is 3.93. The van der Waals surface area contributed by atoms with E-state index in [1.165, 1.54) is 0 Å². The smallest absolute Gasteiger partial charge is 0.274 e. The summed E-state index contributed by atoms with van der Waals surface area (Å²) in [6.07, 6.45) is 4.33. The van der Waals surface area contributed by atoms with E-state index in [2.05, 4.69) is 12.2 Å². The molecule has 0 saturated carbocycles. The van der Waals surface area contributed by atoms with E-state index in [9.17, 15) is 10.1 Å². The van der Waals surface area contributed by atoms with E-state index in [0.717, 1.165) is 32.0 Å². The molecule has 0 aliphatic carbocycles. The normalized spacial score (nSPS) is 11.2. The van der Waals surface area contributed by atoms with E-state index in [1.807, 2.05) is 0 Å². The molecule has 0 amide bonds. The summed E-state index contributed by atoms with van der Waals surface area (Å²) in [6, 6.07) is 0. The molecule has 0 bridgehead atoms. The van der Waals surface area contributed by atoms with E-state index >= 15 is 0 Å². The Labute approximate surface area is 84.9 Å². The summed E-state index contributed by atoms with van der Waals surface area (Å²) >= 11 is 0. The van der Waals surface area contributed by atoms with Crippen molar-refractivity contribution in [3.05, 3.63) is 22.1 Å². The monoisotopic (exact) mass is 201 g/mol. The average molecular weight is 201 g/mol. The molecule has 1 N–H and O–H groups in total. The van der Waals surface area contributed by atoms with Gasteiger partial charge in [-0.1, -0.05) is 19.8 Å². The fraction of sp³-hybridized carbons (Fsp3) is 0.778. The maximum atomic E-state index is 10.3. The number of nitro groups is 1. The van der Waals surface area contributed by atoms with Gasteiger partial charge in [0, 0.05) is 20.6 Å². The topological polar surface area (TPSA) is 58.4 Å². The van der Waals surface area contributed by atoms with Crippen LogP contribution in [0.1, 0.15) is 26.2 Å². The quantitative estimate of drug-likeness (QED) is 0.384. The van der Waals surface area contributed by atoms with E-state index < -0.39 is 4.92 Å². The predicted molar refractivity (Wildman–Crippen MR) is 56.3 cm³/mol. The van der Waals surface area contributed by atoms with Crippen LogP contribution in [-0.4, -0.2) is 30.5 Å². The molecule has 0 aliphatic heterocycles. The van der Waals surface area contributed by atoms with Gasteiger partial charge in [-0.15, -0.1) is 0 Å². The minimum Gasteiger partial charge on any atom is -0.367 e. The second-order valence-electron chi connectivity index (χ2n) is 3.33. The van der Waals surface area contributed by atoms with Gasteiger partial charge in [0.25, 0.3) is 6.20 Å². The minimum atomic E-state index is -0.442. The highest BCUT2D eigenvalue weighted by Gasteiger charge is 2.03. The third-order valence-electron chi connectivity index (χ3n) is 1.80. The standard InChI is InChI=1S/C9H19N3O2/c1-4-5-6-7-10-9(11(2)3)8-12(13)14/h8,10H,4-7H2,1-3H3/b9-8-. The molecule has 0 radical (unpaired) electrons. The maximum Gasteiger partial charge on any atom is 0.274 e. The van der Waals surface area contributed by atoms with Crippen LogP contribution in [0.25, 0.3) is 0 Å². The molecule has 0 atom stereocenters. The van der Waals surface area contributed by atoms with E-state index in [-0.39, 0.29) is 0 Å². The van der Waals surface area contributed by atoms with Crippen molar-refractivity contribution in [3.8, 4) is 0 Å². The van der Waals surface area contributed by atoms with Crippen LogP contribution in [0.2, 0.25) is 0 Å². The first-order valence-electron chi connectivity index (χ1n) is 4.84. The summed E-state index contributed by atoms with van der Waals surface area (Å²) in [5, 5.41) is 13.3. The summed E-state index contributed by atoms with van der Waals surface area (Å²) in [5.74, 6) is 0.547. The summed E-state index contributed by atoms with van der Waals surface area (Å²) in [6.45, 7) is 2.91. The molecule has 0 saturated heterocycles. The average Bonchev–Trinajstić information content (AvgIpc) is 2.09. The van der Waals surface area contributed by atoms with Gasteiger partial charge in [0.1, 0.15) is 0 Å². The van der Waals surface area contributed by atoms with E-state index in [4.69, 9.17) is 0 Å². The number of hydrogen-bond donors (Lipinski definition) is 1. The van der Waals surface area contributed by atoms with Crippen molar-refractivity contribution < 1.29 is 4.92 Å². The Morgan fingerprint density at radius 3 is 2.57 bits per heavy atom. The Morgan fingerprint density at radius 1 is 1.50 bits per heavy atom. The summed E-state index contributed by atoms with van der Waals surface area (Å²) in [7, 11) is 3.56. The van der Waals surface area contributed by atoms with E-state index in [0.29, 0.717) is 5.82 Å². The van der Waals surface area contributed by atoms with Crippen LogP contribution < -0.4 is 5.32 Å². The van der Waals surface area contributed by atoms with Crippen LogP contribution in [-0.2, 0) is 0 Å². The Bertz CT molecular complexity index is 202. The molecular formula is C9H19N3O2. The molecule has 0 rings (SSSR count). The molecule has 0 spiro atoms. The van der Waals surface area contributed by atoms with Crippen molar-refractivity contribution in [2.75, 3.05) is 20.6 Å². The van der Waals surface area contributed by atoms with E-state index in [1.54, 1.807) is 19.0 Å². The summed E-state index contributed by atoms with van der Waals surface area (Å²) < 4.78 is 0. The Hall–Kier alpha value is -1.26.